The van der Waals surface area contributed by atoms with Crippen molar-refractivity contribution < 1.29 is 18.7 Å². The van der Waals surface area contributed by atoms with E-state index in [0.29, 0.717) is 35.7 Å². The minimum absolute atomic E-state index is 0.0622. The van der Waals surface area contributed by atoms with Crippen LogP contribution in [-0.2, 0) is 13.0 Å². The van der Waals surface area contributed by atoms with Crippen LogP contribution in [0.25, 0.3) is 10.9 Å². The van der Waals surface area contributed by atoms with Gasteiger partial charge in [-0.05, 0) is 38.0 Å². The van der Waals surface area contributed by atoms with Crippen LogP contribution < -0.4 is 10.9 Å². The number of likely N-dealkylation sites (tertiary alicyclic amines) is 1. The zero-order chi connectivity index (χ0) is 23.4. The predicted molar refractivity (Wildman–Crippen MR) is 118 cm³/mol. The minimum atomic E-state index is -1.05. The number of nitrogens with one attached hydrogen (secondary N) is 2. The van der Waals surface area contributed by atoms with E-state index in [1.54, 1.807) is 6.07 Å². The molecule has 0 saturated carbocycles. The second-order valence-corrected chi connectivity index (χ2v) is 7.67. The summed E-state index contributed by atoms with van der Waals surface area (Å²) < 4.78 is 27.1. The number of pyridine rings is 2. The van der Waals surface area contributed by atoms with E-state index in [2.05, 4.69) is 27.1 Å². The van der Waals surface area contributed by atoms with E-state index in [1.165, 1.54) is 19.5 Å². The van der Waals surface area contributed by atoms with Crippen LogP contribution in [0.2, 0.25) is 0 Å². The lowest BCUT2D eigenvalue weighted by atomic mass is 10.0. The summed E-state index contributed by atoms with van der Waals surface area (Å²) in [4.78, 5) is 30.8. The van der Waals surface area contributed by atoms with Crippen molar-refractivity contribution in [1.82, 2.24) is 20.2 Å². The minimum Gasteiger partial charge on any atom is -0.504 e. The Bertz CT molecular complexity index is 1200. The summed E-state index contributed by atoms with van der Waals surface area (Å²) in [6.45, 7) is 5.70. The SMILES string of the molecule is CCc1cc2ccc(CN3CCC3C)c(F)c2[nH]c1=O.CNC(=O)c1ccc(O)c(F)n1. The Morgan fingerprint density at radius 3 is 2.59 bits per heavy atom. The number of nitrogens with zero attached hydrogens (tertiary/aromatic N) is 2. The standard InChI is InChI=1S/C16H19FN2O.C7H7FN2O2/c1-3-11-8-12-4-5-13(9-19-7-6-10(19)2)14(17)15(12)18-16(11)20;1-9-7(12)4-2-3-5(11)6(8)10-4/h4-5,8,10H,3,6-7,9H2,1-2H3,(H,18,20);2-3,11H,1H3,(H,9,12). The molecule has 4 rings (SSSR count). The van der Waals surface area contributed by atoms with E-state index in [1.807, 2.05) is 19.1 Å². The number of hydrogen-bond donors (Lipinski definition) is 3. The fourth-order valence-corrected chi connectivity index (χ4v) is 3.42. The highest BCUT2D eigenvalue weighted by Gasteiger charge is 2.24. The maximum absolute atomic E-state index is 14.5. The maximum atomic E-state index is 14.5. The third-order valence-electron chi connectivity index (χ3n) is 5.61. The van der Waals surface area contributed by atoms with Gasteiger partial charge in [-0.1, -0.05) is 19.1 Å². The Labute approximate surface area is 184 Å². The first-order chi connectivity index (χ1) is 15.2. The van der Waals surface area contributed by atoms with Crippen LogP contribution in [0.5, 0.6) is 5.75 Å². The summed E-state index contributed by atoms with van der Waals surface area (Å²) in [7, 11) is 1.41. The summed E-state index contributed by atoms with van der Waals surface area (Å²) in [6, 6.07) is 8.34. The predicted octanol–water partition coefficient (Wildman–Crippen LogP) is 3.11. The van der Waals surface area contributed by atoms with Crippen LogP contribution >= 0.6 is 0 Å². The van der Waals surface area contributed by atoms with E-state index in [9.17, 15) is 18.4 Å². The van der Waals surface area contributed by atoms with Gasteiger partial charge in [0.1, 0.15) is 5.69 Å². The average molecular weight is 444 g/mol. The number of aromatic nitrogens is 2. The molecule has 1 atom stereocenters. The zero-order valence-electron chi connectivity index (χ0n) is 18.2. The summed E-state index contributed by atoms with van der Waals surface area (Å²) in [5, 5.41) is 11.8. The number of carbonyl (C=O) groups is 1. The number of benzene rings is 1. The van der Waals surface area contributed by atoms with Crippen molar-refractivity contribution in [2.24, 2.45) is 0 Å². The number of amides is 1. The van der Waals surface area contributed by atoms with Crippen molar-refractivity contribution in [3.8, 4) is 5.75 Å². The van der Waals surface area contributed by atoms with Crippen molar-refractivity contribution in [2.45, 2.75) is 39.3 Å². The van der Waals surface area contributed by atoms with Gasteiger partial charge in [-0.3, -0.25) is 14.5 Å². The van der Waals surface area contributed by atoms with Crippen molar-refractivity contribution in [2.75, 3.05) is 13.6 Å². The molecule has 9 heteroatoms. The molecule has 1 unspecified atom stereocenters. The lowest BCUT2D eigenvalue weighted by Crippen LogP contribution is -2.44. The summed E-state index contributed by atoms with van der Waals surface area (Å²) in [5.41, 5.74) is 1.43. The van der Waals surface area contributed by atoms with Gasteiger partial charge < -0.3 is 15.4 Å². The molecule has 3 heterocycles. The number of aryl methyl sites for hydroxylation is 1. The highest BCUT2D eigenvalue weighted by molar-refractivity contribution is 5.92. The number of fused-ring (bicyclic) bond motifs is 1. The molecule has 1 aliphatic heterocycles. The fraction of sp³-hybridized carbons (Fsp3) is 0.348. The summed E-state index contributed by atoms with van der Waals surface area (Å²) >= 11 is 0. The van der Waals surface area contributed by atoms with E-state index in [0.717, 1.165) is 18.0 Å². The van der Waals surface area contributed by atoms with E-state index >= 15 is 0 Å². The zero-order valence-corrected chi connectivity index (χ0v) is 18.2. The van der Waals surface area contributed by atoms with Gasteiger partial charge in [-0.15, -0.1) is 0 Å². The maximum Gasteiger partial charge on any atom is 0.269 e. The molecule has 32 heavy (non-hydrogen) atoms. The molecule has 3 aromatic rings. The number of hydrogen-bond acceptors (Lipinski definition) is 5. The van der Waals surface area contributed by atoms with Crippen molar-refractivity contribution in [1.29, 1.82) is 0 Å². The largest absolute Gasteiger partial charge is 0.504 e. The number of halogens is 2. The molecule has 1 fully saturated rings. The van der Waals surface area contributed by atoms with Crippen LogP contribution in [0.15, 0.2) is 35.1 Å². The highest BCUT2D eigenvalue weighted by Crippen LogP contribution is 2.24. The van der Waals surface area contributed by atoms with Crippen LogP contribution in [-0.4, -0.2) is 45.5 Å². The lowest BCUT2D eigenvalue weighted by molar-refractivity contribution is 0.0946. The molecule has 0 aliphatic carbocycles. The van der Waals surface area contributed by atoms with Crippen LogP contribution in [0, 0.1) is 11.8 Å². The fourth-order valence-electron chi connectivity index (χ4n) is 3.42. The number of rotatable bonds is 4. The molecule has 1 amide bonds. The molecule has 7 nitrogen and oxygen atoms in total. The summed E-state index contributed by atoms with van der Waals surface area (Å²) in [6.07, 6.45) is 1.83. The first-order valence-electron chi connectivity index (χ1n) is 10.4. The molecular weight excluding hydrogens is 418 g/mol. The number of aromatic hydroxyl groups is 1. The first-order valence-corrected chi connectivity index (χ1v) is 10.4. The highest BCUT2D eigenvalue weighted by atomic mass is 19.1. The normalized spacial score (nSPS) is 15.6. The quantitative estimate of drug-likeness (QED) is 0.537. The van der Waals surface area contributed by atoms with Gasteiger partial charge >= 0.3 is 0 Å². The van der Waals surface area contributed by atoms with Gasteiger partial charge in [0, 0.05) is 42.7 Å². The molecule has 0 radical (unpaired) electrons. The Hall–Kier alpha value is -3.33. The lowest BCUT2D eigenvalue weighted by Gasteiger charge is -2.38. The van der Waals surface area contributed by atoms with Crippen LogP contribution in [0.4, 0.5) is 8.78 Å². The van der Waals surface area contributed by atoms with Gasteiger partial charge in [-0.2, -0.15) is 4.39 Å². The van der Waals surface area contributed by atoms with Gasteiger partial charge in [-0.25, -0.2) is 9.37 Å². The van der Waals surface area contributed by atoms with Gasteiger partial charge in [0.25, 0.3) is 17.4 Å². The second kappa shape index (κ2) is 9.86. The van der Waals surface area contributed by atoms with Gasteiger partial charge in [0.05, 0.1) is 5.52 Å². The number of H-pyrrole nitrogens is 1. The Morgan fingerprint density at radius 1 is 1.28 bits per heavy atom. The molecule has 3 N–H and O–H groups in total. The van der Waals surface area contributed by atoms with Crippen LogP contribution in [0.1, 0.15) is 41.9 Å². The van der Waals surface area contributed by atoms with Crippen molar-refractivity contribution >= 4 is 16.8 Å². The van der Waals surface area contributed by atoms with E-state index < -0.39 is 17.6 Å². The van der Waals surface area contributed by atoms with E-state index in [4.69, 9.17) is 5.11 Å². The molecule has 1 saturated heterocycles. The Kier molecular flexibility index (Phi) is 7.19. The third kappa shape index (κ3) is 4.94. The second-order valence-electron chi connectivity index (χ2n) is 7.67. The molecular formula is C23H26F2N4O3. The molecule has 2 aromatic heterocycles. The Balaban J connectivity index is 0.000000207. The topological polar surface area (TPSA) is 98.3 Å². The van der Waals surface area contributed by atoms with Crippen LogP contribution in [0.3, 0.4) is 0 Å². The number of aromatic amines is 1. The first kappa shape index (κ1) is 23.3. The monoisotopic (exact) mass is 444 g/mol. The molecule has 1 aromatic carbocycles. The van der Waals surface area contributed by atoms with Crippen molar-refractivity contribution in [3.63, 3.8) is 0 Å². The molecule has 1 aliphatic rings. The number of carbonyl (C=O) groups excluding carboxylic acids is 1. The Morgan fingerprint density at radius 2 is 2.03 bits per heavy atom. The van der Waals surface area contributed by atoms with Crippen molar-refractivity contribution in [3.05, 3.63) is 69.3 Å². The summed E-state index contributed by atoms with van der Waals surface area (Å²) in [5.74, 6) is -2.39. The van der Waals surface area contributed by atoms with Gasteiger partial charge in [0.15, 0.2) is 11.6 Å². The average Bonchev–Trinajstić information content (AvgIpc) is 2.79. The van der Waals surface area contributed by atoms with E-state index in [-0.39, 0.29) is 17.1 Å². The van der Waals surface area contributed by atoms with Gasteiger partial charge in [0.2, 0.25) is 0 Å². The smallest absolute Gasteiger partial charge is 0.269 e. The molecule has 170 valence electrons. The molecule has 0 spiro atoms. The molecule has 0 bridgehead atoms. The third-order valence-corrected chi connectivity index (χ3v) is 5.61.